The van der Waals surface area contributed by atoms with Crippen LogP contribution in [-0.2, 0) is 0 Å². The van der Waals surface area contributed by atoms with Gasteiger partial charge in [-0.3, -0.25) is 0 Å². The Morgan fingerprint density at radius 1 is 1.18 bits per heavy atom. The summed E-state index contributed by atoms with van der Waals surface area (Å²) in [6, 6.07) is 7.21. The van der Waals surface area contributed by atoms with Crippen LogP contribution in [-0.4, -0.2) is 23.6 Å². The van der Waals surface area contributed by atoms with E-state index in [1.165, 1.54) is 0 Å². The number of rotatable bonds is 6. The molecule has 118 valence electrons. The van der Waals surface area contributed by atoms with E-state index in [-0.39, 0.29) is 0 Å². The number of anilines is 3. The number of hydrogen-bond donors (Lipinski definition) is 1. The number of benzene rings is 1. The lowest BCUT2D eigenvalue weighted by Gasteiger charge is -2.19. The molecule has 0 radical (unpaired) electrons. The topological polar surface area (TPSA) is 41.0 Å². The molecular formula is C16H20Cl2N4. The molecule has 1 aromatic heterocycles. The summed E-state index contributed by atoms with van der Waals surface area (Å²) in [6.07, 6.45) is 2.28. The minimum Gasteiger partial charge on any atom is -0.360 e. The van der Waals surface area contributed by atoms with Gasteiger partial charge in [0.2, 0.25) is 0 Å². The molecule has 0 aliphatic carbocycles. The molecule has 0 fully saturated rings. The van der Waals surface area contributed by atoms with E-state index in [0.717, 1.165) is 30.9 Å². The maximum Gasteiger partial charge on any atom is 0.136 e. The highest BCUT2D eigenvalue weighted by atomic mass is 35.5. The van der Waals surface area contributed by atoms with Crippen molar-refractivity contribution in [3.8, 4) is 0 Å². The normalized spacial score (nSPS) is 10.6. The second-order valence-electron chi connectivity index (χ2n) is 5.18. The SMILES string of the molecule is CCCCN(C)c1cc(Nc2cc(Cl)ccc2Cl)nc(C)n1. The Labute approximate surface area is 141 Å². The van der Waals surface area contributed by atoms with Crippen LogP contribution >= 0.6 is 23.2 Å². The second kappa shape index (κ2) is 7.65. The Morgan fingerprint density at radius 2 is 1.95 bits per heavy atom. The van der Waals surface area contributed by atoms with Crippen LogP contribution in [0, 0.1) is 6.92 Å². The highest BCUT2D eigenvalue weighted by Gasteiger charge is 2.08. The molecule has 0 aliphatic rings. The summed E-state index contributed by atoms with van der Waals surface area (Å²) in [5.41, 5.74) is 0.731. The van der Waals surface area contributed by atoms with E-state index in [2.05, 4.69) is 27.1 Å². The van der Waals surface area contributed by atoms with Gasteiger partial charge in [-0.15, -0.1) is 0 Å². The summed E-state index contributed by atoms with van der Waals surface area (Å²) in [6.45, 7) is 5.01. The molecule has 0 bridgehead atoms. The maximum absolute atomic E-state index is 6.18. The van der Waals surface area contributed by atoms with E-state index in [4.69, 9.17) is 23.2 Å². The fourth-order valence-electron chi connectivity index (χ4n) is 2.05. The summed E-state index contributed by atoms with van der Waals surface area (Å²) < 4.78 is 0. The van der Waals surface area contributed by atoms with Gasteiger partial charge in [-0.05, 0) is 31.5 Å². The Bertz CT molecular complexity index is 646. The fourth-order valence-corrected chi connectivity index (χ4v) is 2.39. The van der Waals surface area contributed by atoms with Crippen molar-refractivity contribution in [3.05, 3.63) is 40.1 Å². The van der Waals surface area contributed by atoms with Gasteiger partial charge >= 0.3 is 0 Å². The summed E-state index contributed by atoms with van der Waals surface area (Å²) in [5, 5.41) is 4.43. The van der Waals surface area contributed by atoms with Gasteiger partial charge in [-0.25, -0.2) is 9.97 Å². The van der Waals surface area contributed by atoms with Crippen LogP contribution in [0.15, 0.2) is 24.3 Å². The lowest BCUT2D eigenvalue weighted by molar-refractivity contribution is 0.756. The standard InChI is InChI=1S/C16H20Cl2N4/c1-4-5-8-22(3)16-10-15(19-11(2)20-16)21-14-9-12(17)6-7-13(14)18/h6-7,9-10H,4-5,8H2,1-3H3,(H,19,20,21). The molecule has 0 saturated carbocycles. The van der Waals surface area contributed by atoms with Crippen LogP contribution in [0.3, 0.4) is 0 Å². The zero-order valence-electron chi connectivity index (χ0n) is 13.0. The van der Waals surface area contributed by atoms with E-state index in [0.29, 0.717) is 21.7 Å². The third-order valence-electron chi connectivity index (χ3n) is 3.25. The van der Waals surface area contributed by atoms with Crippen molar-refractivity contribution in [3.63, 3.8) is 0 Å². The first-order valence-corrected chi connectivity index (χ1v) is 8.04. The lowest BCUT2D eigenvalue weighted by Crippen LogP contribution is -2.20. The van der Waals surface area contributed by atoms with Crippen molar-refractivity contribution in [1.82, 2.24) is 9.97 Å². The van der Waals surface area contributed by atoms with E-state index >= 15 is 0 Å². The number of halogens is 2. The number of unbranched alkanes of at least 4 members (excludes halogenated alkanes) is 1. The summed E-state index contributed by atoms with van der Waals surface area (Å²) >= 11 is 12.2. The van der Waals surface area contributed by atoms with Crippen LogP contribution in [0.4, 0.5) is 17.3 Å². The Balaban J connectivity index is 2.24. The predicted molar refractivity (Wildman–Crippen MR) is 94.7 cm³/mol. The second-order valence-corrected chi connectivity index (χ2v) is 6.03. The van der Waals surface area contributed by atoms with Gasteiger partial charge in [-0.2, -0.15) is 0 Å². The van der Waals surface area contributed by atoms with Crippen LogP contribution in [0.1, 0.15) is 25.6 Å². The third-order valence-corrected chi connectivity index (χ3v) is 3.82. The molecule has 4 nitrogen and oxygen atoms in total. The third kappa shape index (κ3) is 4.49. The number of aryl methyl sites for hydroxylation is 1. The molecule has 0 spiro atoms. The predicted octanol–water partition coefficient (Wildman–Crippen LogP) is 5.07. The Hall–Kier alpha value is -1.52. The van der Waals surface area contributed by atoms with E-state index in [1.807, 2.05) is 20.0 Å². The summed E-state index contributed by atoms with van der Waals surface area (Å²) in [7, 11) is 2.04. The molecule has 22 heavy (non-hydrogen) atoms. The highest BCUT2D eigenvalue weighted by Crippen LogP contribution is 2.28. The first kappa shape index (κ1) is 16.8. The summed E-state index contributed by atoms with van der Waals surface area (Å²) in [5.74, 6) is 2.30. The number of nitrogens with one attached hydrogen (secondary N) is 1. The van der Waals surface area contributed by atoms with Crippen LogP contribution in [0.2, 0.25) is 10.0 Å². The zero-order chi connectivity index (χ0) is 16.1. The van der Waals surface area contributed by atoms with E-state index in [9.17, 15) is 0 Å². The molecule has 0 atom stereocenters. The number of nitrogens with zero attached hydrogens (tertiary/aromatic N) is 3. The van der Waals surface area contributed by atoms with Gasteiger partial charge in [0.15, 0.2) is 0 Å². The first-order chi connectivity index (χ1) is 10.5. The molecule has 0 amide bonds. The van der Waals surface area contributed by atoms with Crippen LogP contribution < -0.4 is 10.2 Å². The monoisotopic (exact) mass is 338 g/mol. The van der Waals surface area contributed by atoms with Gasteiger partial charge in [0, 0.05) is 24.7 Å². The largest absolute Gasteiger partial charge is 0.360 e. The molecule has 0 saturated heterocycles. The average molecular weight is 339 g/mol. The van der Waals surface area contributed by atoms with Crippen molar-refractivity contribution in [2.75, 3.05) is 23.8 Å². The van der Waals surface area contributed by atoms with E-state index in [1.54, 1.807) is 18.2 Å². The molecule has 2 aromatic rings. The van der Waals surface area contributed by atoms with Crippen LogP contribution in [0.5, 0.6) is 0 Å². The minimum atomic E-state index is 0.599. The fraction of sp³-hybridized carbons (Fsp3) is 0.375. The number of hydrogen-bond acceptors (Lipinski definition) is 4. The molecule has 6 heteroatoms. The van der Waals surface area contributed by atoms with Crippen molar-refractivity contribution in [1.29, 1.82) is 0 Å². The smallest absolute Gasteiger partial charge is 0.136 e. The Morgan fingerprint density at radius 3 is 2.68 bits per heavy atom. The quantitative estimate of drug-likeness (QED) is 0.798. The lowest BCUT2D eigenvalue weighted by atomic mass is 10.3. The van der Waals surface area contributed by atoms with Gasteiger partial charge in [0.1, 0.15) is 17.5 Å². The molecule has 1 heterocycles. The number of aromatic nitrogens is 2. The van der Waals surface area contributed by atoms with Gasteiger partial charge in [0.25, 0.3) is 0 Å². The van der Waals surface area contributed by atoms with Crippen molar-refractivity contribution in [2.24, 2.45) is 0 Å². The molecule has 0 unspecified atom stereocenters. The highest BCUT2D eigenvalue weighted by molar-refractivity contribution is 6.35. The van der Waals surface area contributed by atoms with Crippen molar-refractivity contribution in [2.45, 2.75) is 26.7 Å². The average Bonchev–Trinajstić information content (AvgIpc) is 2.48. The van der Waals surface area contributed by atoms with Gasteiger partial charge in [-0.1, -0.05) is 36.5 Å². The zero-order valence-corrected chi connectivity index (χ0v) is 14.5. The molecule has 1 aromatic carbocycles. The maximum atomic E-state index is 6.18. The molecule has 1 N–H and O–H groups in total. The summed E-state index contributed by atoms with van der Waals surface area (Å²) in [4.78, 5) is 11.0. The van der Waals surface area contributed by atoms with Crippen LogP contribution in [0.25, 0.3) is 0 Å². The van der Waals surface area contributed by atoms with Gasteiger partial charge < -0.3 is 10.2 Å². The van der Waals surface area contributed by atoms with Gasteiger partial charge in [0.05, 0.1) is 10.7 Å². The molecule has 2 rings (SSSR count). The molecular weight excluding hydrogens is 319 g/mol. The van der Waals surface area contributed by atoms with E-state index < -0.39 is 0 Å². The first-order valence-electron chi connectivity index (χ1n) is 7.28. The van der Waals surface area contributed by atoms with Crippen molar-refractivity contribution >= 4 is 40.5 Å². The minimum absolute atomic E-state index is 0.599. The van der Waals surface area contributed by atoms with Crippen molar-refractivity contribution < 1.29 is 0 Å². The molecule has 0 aliphatic heterocycles. The Kier molecular flexibility index (Phi) is 5.86.